The molecule has 0 saturated carbocycles. The summed E-state index contributed by atoms with van der Waals surface area (Å²) in [5.74, 6) is -1.68. The molecule has 0 saturated heterocycles. The van der Waals surface area contributed by atoms with Gasteiger partial charge in [-0.05, 0) is 24.0 Å². The van der Waals surface area contributed by atoms with Gasteiger partial charge >= 0.3 is 0 Å². The Labute approximate surface area is 113 Å². The van der Waals surface area contributed by atoms with E-state index >= 15 is 0 Å². The van der Waals surface area contributed by atoms with Gasteiger partial charge in [-0.25, -0.2) is 8.78 Å². The van der Waals surface area contributed by atoms with E-state index in [0.29, 0.717) is 13.1 Å². The first-order chi connectivity index (χ1) is 8.82. The summed E-state index contributed by atoms with van der Waals surface area (Å²) < 4.78 is 27.3. The molecule has 0 aliphatic heterocycles. The van der Waals surface area contributed by atoms with Gasteiger partial charge in [0.05, 0.1) is 0 Å². The number of carbonyl (C=O) groups excluding carboxylic acids is 1. The van der Waals surface area contributed by atoms with Crippen molar-refractivity contribution in [3.63, 3.8) is 0 Å². The fraction of sp³-hybridized carbons (Fsp3) is 0.533. The first-order valence-corrected chi connectivity index (χ1v) is 6.56. The van der Waals surface area contributed by atoms with Gasteiger partial charge in [-0.2, -0.15) is 0 Å². The van der Waals surface area contributed by atoms with Crippen molar-refractivity contribution in [2.75, 3.05) is 13.1 Å². The summed E-state index contributed by atoms with van der Waals surface area (Å²) in [4.78, 5) is 13.8. The molecule has 0 heterocycles. The Morgan fingerprint density at radius 1 is 1.05 bits per heavy atom. The van der Waals surface area contributed by atoms with Crippen molar-refractivity contribution in [2.45, 2.75) is 27.7 Å². The minimum Gasteiger partial charge on any atom is -0.338 e. The quantitative estimate of drug-likeness (QED) is 0.797. The topological polar surface area (TPSA) is 20.3 Å². The Kier molecular flexibility index (Phi) is 5.45. The lowest BCUT2D eigenvalue weighted by atomic mass is 10.1. The Morgan fingerprint density at radius 3 is 1.84 bits per heavy atom. The zero-order valence-electron chi connectivity index (χ0n) is 11.9. The number of hydrogen-bond acceptors (Lipinski definition) is 1. The summed E-state index contributed by atoms with van der Waals surface area (Å²) in [7, 11) is 0. The number of benzene rings is 1. The van der Waals surface area contributed by atoms with Crippen molar-refractivity contribution in [3.8, 4) is 0 Å². The van der Waals surface area contributed by atoms with Gasteiger partial charge in [-0.3, -0.25) is 4.79 Å². The number of nitrogens with zero attached hydrogens (tertiary/aromatic N) is 1. The summed E-state index contributed by atoms with van der Waals surface area (Å²) in [6.45, 7) is 8.86. The van der Waals surface area contributed by atoms with Gasteiger partial charge in [-0.1, -0.05) is 33.8 Å². The van der Waals surface area contributed by atoms with E-state index in [1.165, 1.54) is 11.0 Å². The first kappa shape index (κ1) is 15.6. The third-order valence-electron chi connectivity index (χ3n) is 2.63. The second-order valence-electron chi connectivity index (χ2n) is 5.59. The van der Waals surface area contributed by atoms with E-state index in [9.17, 15) is 13.6 Å². The number of amides is 1. The van der Waals surface area contributed by atoms with Crippen LogP contribution in [-0.2, 0) is 0 Å². The summed E-state index contributed by atoms with van der Waals surface area (Å²) in [6.07, 6.45) is 0. The molecule has 0 unspecified atom stereocenters. The monoisotopic (exact) mass is 269 g/mol. The minimum atomic E-state index is -0.803. The molecule has 19 heavy (non-hydrogen) atoms. The van der Waals surface area contributed by atoms with Crippen LogP contribution in [0.3, 0.4) is 0 Å². The Bertz CT molecular complexity index is 414. The van der Waals surface area contributed by atoms with Gasteiger partial charge in [0, 0.05) is 13.1 Å². The third-order valence-corrected chi connectivity index (χ3v) is 2.63. The number of carbonyl (C=O) groups is 1. The molecule has 0 atom stereocenters. The lowest BCUT2D eigenvalue weighted by molar-refractivity contribution is 0.0705. The molecule has 0 spiro atoms. The molecule has 1 aromatic carbocycles. The van der Waals surface area contributed by atoms with Crippen molar-refractivity contribution >= 4 is 5.91 Å². The second kappa shape index (κ2) is 6.64. The molecule has 0 N–H and O–H groups in total. The van der Waals surface area contributed by atoms with Crippen LogP contribution in [0.5, 0.6) is 0 Å². The van der Waals surface area contributed by atoms with Crippen LogP contribution in [-0.4, -0.2) is 23.9 Å². The van der Waals surface area contributed by atoms with E-state index in [4.69, 9.17) is 0 Å². The number of halogens is 2. The molecule has 0 radical (unpaired) electrons. The highest BCUT2D eigenvalue weighted by molar-refractivity contribution is 5.94. The number of rotatable bonds is 5. The van der Waals surface area contributed by atoms with Crippen LogP contribution >= 0.6 is 0 Å². The third kappa shape index (κ3) is 4.30. The molecule has 0 bridgehead atoms. The largest absolute Gasteiger partial charge is 0.338 e. The lowest BCUT2D eigenvalue weighted by Crippen LogP contribution is -2.37. The molecular weight excluding hydrogens is 248 g/mol. The average Bonchev–Trinajstić information content (AvgIpc) is 2.26. The Balaban J connectivity index is 3.04. The summed E-state index contributed by atoms with van der Waals surface area (Å²) in [5.41, 5.74) is -0.455. The van der Waals surface area contributed by atoms with Crippen LogP contribution in [0.25, 0.3) is 0 Å². The molecule has 1 rings (SSSR count). The zero-order chi connectivity index (χ0) is 14.6. The van der Waals surface area contributed by atoms with E-state index in [0.717, 1.165) is 12.1 Å². The second-order valence-corrected chi connectivity index (χ2v) is 5.59. The van der Waals surface area contributed by atoms with Crippen LogP contribution in [0.2, 0.25) is 0 Å². The molecule has 2 nitrogen and oxygen atoms in total. The summed E-state index contributed by atoms with van der Waals surface area (Å²) in [5, 5.41) is 0. The highest BCUT2D eigenvalue weighted by Gasteiger charge is 2.24. The minimum absolute atomic E-state index is 0.248. The van der Waals surface area contributed by atoms with Crippen LogP contribution in [0.1, 0.15) is 38.1 Å². The predicted octanol–water partition coefficient (Wildman–Crippen LogP) is 3.72. The van der Waals surface area contributed by atoms with Crippen molar-refractivity contribution < 1.29 is 13.6 Å². The summed E-state index contributed by atoms with van der Waals surface area (Å²) in [6, 6.07) is 3.48. The van der Waals surface area contributed by atoms with E-state index in [1.54, 1.807) is 0 Å². The molecule has 0 aromatic heterocycles. The van der Waals surface area contributed by atoms with Gasteiger partial charge in [0.25, 0.3) is 5.91 Å². The van der Waals surface area contributed by atoms with Crippen LogP contribution in [0.4, 0.5) is 8.78 Å². The molecule has 0 fully saturated rings. The maximum Gasteiger partial charge on any atom is 0.259 e. The fourth-order valence-corrected chi connectivity index (χ4v) is 1.98. The van der Waals surface area contributed by atoms with Gasteiger partial charge in [0.15, 0.2) is 0 Å². The molecule has 1 aromatic rings. The lowest BCUT2D eigenvalue weighted by Gasteiger charge is -2.26. The maximum absolute atomic E-state index is 13.6. The highest BCUT2D eigenvalue weighted by atomic mass is 19.1. The maximum atomic E-state index is 13.6. The Hall–Kier alpha value is -1.45. The average molecular weight is 269 g/mol. The van der Waals surface area contributed by atoms with Crippen molar-refractivity contribution in [2.24, 2.45) is 11.8 Å². The van der Waals surface area contributed by atoms with Crippen LogP contribution in [0, 0.1) is 23.5 Å². The normalized spacial score (nSPS) is 11.2. The van der Waals surface area contributed by atoms with E-state index in [2.05, 4.69) is 0 Å². The van der Waals surface area contributed by atoms with Crippen LogP contribution < -0.4 is 0 Å². The van der Waals surface area contributed by atoms with Gasteiger partial charge in [0.1, 0.15) is 17.2 Å². The molecule has 106 valence electrons. The standard InChI is InChI=1S/C15H21F2NO/c1-10(2)8-18(9-11(3)4)15(19)14-12(16)6-5-7-13(14)17/h5-7,10-11H,8-9H2,1-4H3. The molecular formula is C15H21F2NO. The van der Waals surface area contributed by atoms with Gasteiger partial charge in [-0.15, -0.1) is 0 Å². The molecule has 1 amide bonds. The molecule has 0 aliphatic carbocycles. The predicted molar refractivity (Wildman–Crippen MR) is 71.9 cm³/mol. The molecule has 0 aliphatic rings. The van der Waals surface area contributed by atoms with Crippen LogP contribution in [0.15, 0.2) is 18.2 Å². The van der Waals surface area contributed by atoms with Gasteiger partial charge in [0.2, 0.25) is 0 Å². The molecule has 4 heteroatoms. The van der Waals surface area contributed by atoms with Crippen molar-refractivity contribution in [1.82, 2.24) is 4.90 Å². The number of hydrogen-bond donors (Lipinski definition) is 0. The zero-order valence-corrected chi connectivity index (χ0v) is 11.9. The SMILES string of the molecule is CC(C)CN(CC(C)C)C(=O)c1c(F)cccc1F. The first-order valence-electron chi connectivity index (χ1n) is 6.56. The highest BCUT2D eigenvalue weighted by Crippen LogP contribution is 2.16. The summed E-state index contributed by atoms with van der Waals surface area (Å²) >= 11 is 0. The van der Waals surface area contributed by atoms with E-state index in [-0.39, 0.29) is 11.8 Å². The smallest absolute Gasteiger partial charge is 0.259 e. The van der Waals surface area contributed by atoms with E-state index in [1.807, 2.05) is 27.7 Å². The van der Waals surface area contributed by atoms with E-state index < -0.39 is 23.1 Å². The fourth-order valence-electron chi connectivity index (χ4n) is 1.98. The van der Waals surface area contributed by atoms with Crippen molar-refractivity contribution in [3.05, 3.63) is 35.4 Å². The van der Waals surface area contributed by atoms with Crippen molar-refractivity contribution in [1.29, 1.82) is 0 Å². The Morgan fingerprint density at radius 2 is 1.47 bits per heavy atom. The van der Waals surface area contributed by atoms with Gasteiger partial charge < -0.3 is 4.90 Å².